The summed E-state index contributed by atoms with van der Waals surface area (Å²) in [5.41, 5.74) is 1.71. The van der Waals surface area contributed by atoms with Crippen LogP contribution in [0.4, 0.5) is 15.9 Å². The molecule has 2 N–H and O–H groups in total. The van der Waals surface area contributed by atoms with Crippen molar-refractivity contribution < 1.29 is 26.9 Å². The van der Waals surface area contributed by atoms with Crippen LogP contribution in [-0.4, -0.2) is 56.6 Å². The number of nitrogens with zero attached hydrogens (tertiary/aromatic N) is 4. The largest absolute Gasteiger partial charge is 0.494 e. The van der Waals surface area contributed by atoms with Crippen molar-refractivity contribution in [1.82, 2.24) is 19.7 Å². The van der Waals surface area contributed by atoms with Gasteiger partial charge in [0.1, 0.15) is 30.3 Å². The predicted molar refractivity (Wildman–Crippen MR) is 152 cm³/mol. The summed E-state index contributed by atoms with van der Waals surface area (Å²) in [5, 5.41) is 7.98. The molecule has 0 spiro atoms. The van der Waals surface area contributed by atoms with Crippen molar-refractivity contribution in [3.05, 3.63) is 57.0 Å². The second kappa shape index (κ2) is 12.7. The molecule has 0 amide bonds. The van der Waals surface area contributed by atoms with Crippen LogP contribution in [0.3, 0.4) is 0 Å². The van der Waals surface area contributed by atoms with Crippen molar-refractivity contribution in [1.29, 1.82) is 0 Å². The molecule has 0 aliphatic carbocycles. The van der Waals surface area contributed by atoms with E-state index in [-0.39, 0.29) is 29.5 Å². The Bertz CT molecular complexity index is 1700. The van der Waals surface area contributed by atoms with E-state index in [9.17, 15) is 17.6 Å². The van der Waals surface area contributed by atoms with E-state index in [4.69, 9.17) is 33.1 Å². The van der Waals surface area contributed by atoms with Gasteiger partial charge in [-0.15, -0.1) is 0 Å². The van der Waals surface area contributed by atoms with Crippen LogP contribution in [-0.2, 0) is 27.9 Å². The van der Waals surface area contributed by atoms with Gasteiger partial charge in [0.15, 0.2) is 14.1 Å². The van der Waals surface area contributed by atoms with Gasteiger partial charge >= 0.3 is 0 Å². The molecule has 0 saturated heterocycles. The van der Waals surface area contributed by atoms with Crippen molar-refractivity contribution in [3.8, 4) is 5.75 Å². The van der Waals surface area contributed by atoms with Crippen LogP contribution in [0.1, 0.15) is 12.5 Å². The summed E-state index contributed by atoms with van der Waals surface area (Å²) in [4.78, 5) is 21.7. The average Bonchev–Trinajstić information content (AvgIpc) is 3.20. The molecule has 0 saturated carbocycles. The molecule has 4 aromatic rings. The Morgan fingerprint density at radius 3 is 2.82 bits per heavy atom. The standard InChI is InChI=1S/C23H21ClFN5O5S4/c1-2-35-20-10-19-16(21(27-12-26-19)28-14-3-4-18(25)17(24)9-14)8-13(20)7-15(31)11-30-23(36)38-22(29-30)37-5-6-39(32,33)34/h3-4,8-10,12H,2,5-7,11H2,1H3,(H,26,27,28)(H,32,33,34). The van der Waals surface area contributed by atoms with E-state index in [1.807, 2.05) is 6.92 Å². The second-order valence-corrected chi connectivity index (χ2v) is 13.0. The van der Waals surface area contributed by atoms with Crippen LogP contribution in [0.15, 0.2) is 41.0 Å². The SMILES string of the molecule is CCOc1cc2ncnc(Nc3ccc(F)c(Cl)c3)c2cc1CC(=O)Cn1nc(SCCS(=O)(=O)O)sc1=S. The van der Waals surface area contributed by atoms with Gasteiger partial charge in [-0.1, -0.05) is 34.7 Å². The Morgan fingerprint density at radius 2 is 2.10 bits per heavy atom. The molecular weight excluding hydrogens is 609 g/mol. The number of anilines is 2. The number of fused-ring (bicyclic) bond motifs is 1. The molecule has 10 nitrogen and oxygen atoms in total. The molecular formula is C23H21ClFN5O5S4. The zero-order valence-electron chi connectivity index (χ0n) is 20.3. The molecule has 39 heavy (non-hydrogen) atoms. The van der Waals surface area contributed by atoms with Crippen molar-refractivity contribution in [3.63, 3.8) is 0 Å². The Balaban J connectivity index is 1.56. The lowest BCUT2D eigenvalue weighted by atomic mass is 10.0. The fraction of sp³-hybridized carbons (Fsp3) is 0.261. The van der Waals surface area contributed by atoms with E-state index >= 15 is 0 Å². The molecule has 0 fully saturated rings. The fourth-order valence-corrected chi connectivity index (χ4v) is 6.89. The van der Waals surface area contributed by atoms with Crippen LogP contribution in [0.5, 0.6) is 5.75 Å². The minimum atomic E-state index is -4.08. The summed E-state index contributed by atoms with van der Waals surface area (Å²) in [6.45, 7) is 2.11. The number of aromatic nitrogens is 4. The van der Waals surface area contributed by atoms with Crippen molar-refractivity contribution in [2.24, 2.45) is 0 Å². The first kappa shape index (κ1) is 29.3. The number of carbonyl (C=O) groups is 1. The third kappa shape index (κ3) is 7.93. The van der Waals surface area contributed by atoms with Crippen molar-refractivity contribution in [2.75, 3.05) is 23.4 Å². The van der Waals surface area contributed by atoms with Gasteiger partial charge in [0, 0.05) is 34.9 Å². The first-order valence-corrected chi connectivity index (χ1v) is 15.5. The Hall–Kier alpha value is -2.69. The molecule has 2 aromatic carbocycles. The molecule has 206 valence electrons. The number of ether oxygens (including phenoxy) is 1. The number of halogens is 2. The van der Waals surface area contributed by atoms with E-state index in [1.165, 1.54) is 29.2 Å². The quantitative estimate of drug-likeness (QED) is 0.119. The smallest absolute Gasteiger partial charge is 0.265 e. The zero-order valence-corrected chi connectivity index (χ0v) is 24.3. The molecule has 0 unspecified atom stereocenters. The maximum atomic E-state index is 13.6. The first-order chi connectivity index (χ1) is 18.5. The van der Waals surface area contributed by atoms with Gasteiger partial charge in [0.25, 0.3) is 10.1 Å². The number of thioether (sulfide) groups is 1. The van der Waals surface area contributed by atoms with Crippen LogP contribution in [0.25, 0.3) is 10.9 Å². The summed E-state index contributed by atoms with van der Waals surface area (Å²) < 4.78 is 52.3. The van der Waals surface area contributed by atoms with Gasteiger partial charge in [0.2, 0.25) is 0 Å². The summed E-state index contributed by atoms with van der Waals surface area (Å²) in [5.74, 6) is -0.112. The van der Waals surface area contributed by atoms with Crippen LogP contribution < -0.4 is 10.1 Å². The lowest BCUT2D eigenvalue weighted by molar-refractivity contribution is -0.119. The number of nitrogens with one attached hydrogen (secondary N) is 1. The van der Waals surface area contributed by atoms with Gasteiger partial charge < -0.3 is 10.1 Å². The molecule has 0 radical (unpaired) electrons. The number of Topliss-reactive ketones (excluding diaryl/α,β-unsaturated/α-hetero) is 1. The highest BCUT2D eigenvalue weighted by Crippen LogP contribution is 2.31. The first-order valence-electron chi connectivity index (χ1n) is 11.3. The third-order valence-electron chi connectivity index (χ3n) is 5.17. The normalized spacial score (nSPS) is 11.6. The summed E-state index contributed by atoms with van der Waals surface area (Å²) in [6, 6.07) is 7.71. The van der Waals surface area contributed by atoms with Gasteiger partial charge in [-0.25, -0.2) is 19.0 Å². The van der Waals surface area contributed by atoms with Gasteiger partial charge in [-0.2, -0.15) is 13.5 Å². The minimum absolute atomic E-state index is 0.00646. The van der Waals surface area contributed by atoms with E-state index in [0.29, 0.717) is 48.6 Å². The van der Waals surface area contributed by atoms with Crippen molar-refractivity contribution >= 4 is 85.2 Å². The monoisotopic (exact) mass is 629 g/mol. The number of hydrogen-bond acceptors (Lipinski definition) is 11. The highest BCUT2D eigenvalue weighted by molar-refractivity contribution is 8.01. The fourth-order valence-electron chi connectivity index (χ4n) is 3.48. The highest BCUT2D eigenvalue weighted by atomic mass is 35.5. The Kier molecular flexibility index (Phi) is 9.51. The van der Waals surface area contributed by atoms with E-state index < -0.39 is 21.7 Å². The van der Waals surface area contributed by atoms with E-state index in [0.717, 1.165) is 23.1 Å². The zero-order chi connectivity index (χ0) is 28.2. The lowest BCUT2D eigenvalue weighted by Crippen LogP contribution is -2.14. The van der Waals surface area contributed by atoms with E-state index in [2.05, 4.69) is 20.4 Å². The lowest BCUT2D eigenvalue weighted by Gasteiger charge is -2.14. The second-order valence-electron chi connectivity index (χ2n) is 8.03. The van der Waals surface area contributed by atoms with Crippen LogP contribution in [0.2, 0.25) is 5.02 Å². The molecule has 16 heteroatoms. The van der Waals surface area contributed by atoms with Gasteiger partial charge in [-0.05, 0) is 43.4 Å². The molecule has 0 aliphatic heterocycles. The Morgan fingerprint density at radius 1 is 1.31 bits per heavy atom. The maximum Gasteiger partial charge on any atom is 0.265 e. The number of benzene rings is 2. The average molecular weight is 630 g/mol. The molecule has 2 heterocycles. The number of carbonyl (C=O) groups excluding carboxylic acids is 1. The predicted octanol–water partition coefficient (Wildman–Crippen LogP) is 5.34. The molecule has 2 aromatic heterocycles. The summed E-state index contributed by atoms with van der Waals surface area (Å²) in [7, 11) is -4.08. The summed E-state index contributed by atoms with van der Waals surface area (Å²) >= 11 is 13.5. The van der Waals surface area contributed by atoms with Crippen LogP contribution in [0, 0.1) is 9.77 Å². The highest BCUT2D eigenvalue weighted by Gasteiger charge is 2.17. The number of hydrogen-bond donors (Lipinski definition) is 2. The third-order valence-corrected chi connectivity index (χ3v) is 8.88. The number of ketones is 1. The number of rotatable bonds is 12. The van der Waals surface area contributed by atoms with Gasteiger partial charge in [0.05, 0.1) is 22.9 Å². The minimum Gasteiger partial charge on any atom is -0.494 e. The van der Waals surface area contributed by atoms with E-state index in [1.54, 1.807) is 12.1 Å². The molecule has 0 atom stereocenters. The topological polar surface area (TPSA) is 136 Å². The van der Waals surface area contributed by atoms with Crippen molar-refractivity contribution in [2.45, 2.75) is 24.2 Å². The molecule has 0 bridgehead atoms. The Labute approximate surface area is 241 Å². The summed E-state index contributed by atoms with van der Waals surface area (Å²) in [6.07, 6.45) is 1.39. The molecule has 4 rings (SSSR count). The van der Waals surface area contributed by atoms with Gasteiger partial charge in [-0.3, -0.25) is 9.35 Å². The molecule has 0 aliphatic rings. The van der Waals surface area contributed by atoms with Crippen LogP contribution >= 0.6 is 46.9 Å². The maximum absolute atomic E-state index is 13.6.